The van der Waals surface area contributed by atoms with Crippen molar-refractivity contribution in [3.8, 4) is 17.3 Å². The van der Waals surface area contributed by atoms with Gasteiger partial charge in [-0.1, -0.05) is 30.3 Å². The Bertz CT molecular complexity index is 1510. The van der Waals surface area contributed by atoms with Gasteiger partial charge in [-0.05, 0) is 77.7 Å². The zero-order chi connectivity index (χ0) is 24.7. The Hall–Kier alpha value is -4.79. The number of fused-ring (bicyclic) bond motifs is 1. The number of aromatic amines is 1. The van der Waals surface area contributed by atoms with Crippen LogP contribution < -0.4 is 15.5 Å². The fraction of sp³-hybridized carbons (Fsp3) is 0.148. The minimum Gasteiger partial charge on any atom is -0.494 e. The van der Waals surface area contributed by atoms with Gasteiger partial charge in [0.15, 0.2) is 11.2 Å². The minimum atomic E-state index is -0.294. The van der Waals surface area contributed by atoms with Crippen LogP contribution in [0.2, 0.25) is 0 Å². The van der Waals surface area contributed by atoms with Crippen LogP contribution in [0.4, 0.5) is 5.69 Å². The first-order chi connectivity index (χ1) is 17.7. The number of unbranched alkanes of at least 4 members (excludes halogenated alkanes) is 1. The Morgan fingerprint density at radius 2 is 1.81 bits per heavy atom. The van der Waals surface area contributed by atoms with E-state index in [9.17, 15) is 9.59 Å². The van der Waals surface area contributed by atoms with Crippen LogP contribution in [-0.2, 0) is 6.42 Å². The summed E-state index contributed by atoms with van der Waals surface area (Å²) in [5.41, 5.74) is 2.37. The van der Waals surface area contributed by atoms with Crippen molar-refractivity contribution in [3.05, 3.63) is 100 Å². The molecule has 0 radical (unpaired) electrons. The second-order valence-corrected chi connectivity index (χ2v) is 8.21. The fourth-order valence-electron chi connectivity index (χ4n) is 3.79. The highest BCUT2D eigenvalue weighted by Crippen LogP contribution is 2.22. The van der Waals surface area contributed by atoms with Gasteiger partial charge < -0.3 is 14.5 Å². The molecule has 2 N–H and O–H groups in total. The molecule has 36 heavy (non-hydrogen) atoms. The molecule has 0 unspecified atom stereocenters. The Morgan fingerprint density at radius 3 is 2.58 bits per heavy atom. The first-order valence-electron chi connectivity index (χ1n) is 11.6. The van der Waals surface area contributed by atoms with E-state index in [2.05, 4.69) is 50.2 Å². The molecular weight excluding hydrogens is 458 g/mol. The minimum absolute atomic E-state index is 0.229. The number of tetrazole rings is 1. The molecule has 5 aromatic rings. The average molecular weight is 482 g/mol. The number of H-pyrrole nitrogens is 1. The highest BCUT2D eigenvalue weighted by atomic mass is 16.5. The van der Waals surface area contributed by atoms with Crippen LogP contribution in [0.1, 0.15) is 28.8 Å². The summed E-state index contributed by atoms with van der Waals surface area (Å²) in [6.45, 7) is 0.618. The fourth-order valence-corrected chi connectivity index (χ4v) is 3.79. The summed E-state index contributed by atoms with van der Waals surface area (Å²) in [4.78, 5) is 25.3. The highest BCUT2D eigenvalue weighted by Gasteiger charge is 2.12. The number of ether oxygens (including phenoxy) is 1. The Labute approximate surface area is 206 Å². The van der Waals surface area contributed by atoms with E-state index in [1.165, 1.54) is 11.6 Å². The number of rotatable bonds is 9. The molecule has 0 fully saturated rings. The van der Waals surface area contributed by atoms with Crippen molar-refractivity contribution in [1.29, 1.82) is 0 Å². The first-order valence-corrected chi connectivity index (χ1v) is 11.6. The van der Waals surface area contributed by atoms with Crippen molar-refractivity contribution in [2.24, 2.45) is 0 Å². The smallest absolute Gasteiger partial charge is 0.255 e. The van der Waals surface area contributed by atoms with Gasteiger partial charge in [0.1, 0.15) is 11.3 Å². The molecule has 0 aliphatic rings. The Balaban J connectivity index is 1.16. The van der Waals surface area contributed by atoms with E-state index in [4.69, 9.17) is 9.15 Å². The van der Waals surface area contributed by atoms with Crippen LogP contribution in [0.25, 0.3) is 22.6 Å². The molecule has 0 saturated carbocycles. The van der Waals surface area contributed by atoms with Gasteiger partial charge in [0.05, 0.1) is 12.0 Å². The maximum atomic E-state index is 12.7. The number of aryl methyl sites for hydroxylation is 1. The topological polar surface area (TPSA) is 123 Å². The molecule has 0 bridgehead atoms. The van der Waals surface area contributed by atoms with Gasteiger partial charge in [-0.2, -0.15) is 0 Å². The van der Waals surface area contributed by atoms with Crippen LogP contribution in [0.5, 0.6) is 5.75 Å². The number of hydrogen-bond acceptors (Lipinski definition) is 7. The lowest BCUT2D eigenvalue weighted by atomic mass is 10.1. The summed E-state index contributed by atoms with van der Waals surface area (Å²) in [6.07, 6.45) is 3.02. The summed E-state index contributed by atoms with van der Waals surface area (Å²) in [5.74, 6) is 0.906. The van der Waals surface area contributed by atoms with Crippen LogP contribution in [-0.4, -0.2) is 33.1 Å². The Kier molecular flexibility index (Phi) is 6.79. The molecule has 0 saturated heterocycles. The van der Waals surface area contributed by atoms with E-state index < -0.39 is 0 Å². The third-order valence-corrected chi connectivity index (χ3v) is 5.65. The number of aromatic nitrogens is 4. The third kappa shape index (κ3) is 5.47. The van der Waals surface area contributed by atoms with Crippen LogP contribution in [0, 0.1) is 0 Å². The molecule has 5 rings (SSSR count). The van der Waals surface area contributed by atoms with Crippen molar-refractivity contribution in [3.63, 3.8) is 0 Å². The Morgan fingerprint density at radius 1 is 0.972 bits per heavy atom. The maximum absolute atomic E-state index is 12.7. The molecular formula is C27H23N5O4. The predicted octanol–water partition coefficient (Wildman–Crippen LogP) is 4.63. The number of carbonyl (C=O) groups is 1. The van der Waals surface area contributed by atoms with Crippen molar-refractivity contribution >= 4 is 22.6 Å². The number of hydrogen-bond donors (Lipinski definition) is 2. The monoisotopic (exact) mass is 481 g/mol. The van der Waals surface area contributed by atoms with E-state index in [0.717, 1.165) is 19.3 Å². The lowest BCUT2D eigenvalue weighted by Gasteiger charge is -2.09. The second-order valence-electron chi connectivity index (χ2n) is 8.21. The zero-order valence-electron chi connectivity index (χ0n) is 19.3. The quantitative estimate of drug-likeness (QED) is 0.294. The number of nitrogens with zero attached hydrogens (tertiary/aromatic N) is 3. The zero-order valence-corrected chi connectivity index (χ0v) is 19.3. The van der Waals surface area contributed by atoms with Crippen molar-refractivity contribution in [2.45, 2.75) is 19.3 Å². The average Bonchev–Trinajstić information content (AvgIpc) is 3.45. The normalized spacial score (nSPS) is 10.9. The predicted molar refractivity (Wildman–Crippen MR) is 135 cm³/mol. The van der Waals surface area contributed by atoms with Gasteiger partial charge in [-0.15, -0.1) is 5.10 Å². The third-order valence-electron chi connectivity index (χ3n) is 5.65. The van der Waals surface area contributed by atoms with E-state index in [1.807, 2.05) is 6.07 Å². The number of nitrogens with one attached hydrogen (secondary N) is 2. The molecule has 0 spiro atoms. The SMILES string of the molecule is O=C(Nc1ccc2oc(-c3nnn[nH]3)cc(=O)c2c1)c1ccc(OCCCCc2ccccc2)cc1. The van der Waals surface area contributed by atoms with Gasteiger partial charge in [0.25, 0.3) is 5.91 Å². The molecule has 0 aliphatic heterocycles. The van der Waals surface area contributed by atoms with Gasteiger partial charge in [0, 0.05) is 17.3 Å². The summed E-state index contributed by atoms with van der Waals surface area (Å²) < 4.78 is 11.5. The molecule has 2 aromatic heterocycles. The van der Waals surface area contributed by atoms with E-state index in [-0.39, 0.29) is 22.9 Å². The van der Waals surface area contributed by atoms with Gasteiger partial charge in [-0.3, -0.25) is 9.59 Å². The van der Waals surface area contributed by atoms with Gasteiger partial charge in [-0.25, -0.2) is 5.10 Å². The number of amides is 1. The highest BCUT2D eigenvalue weighted by molar-refractivity contribution is 6.05. The second kappa shape index (κ2) is 10.6. The van der Waals surface area contributed by atoms with E-state index >= 15 is 0 Å². The lowest BCUT2D eigenvalue weighted by Crippen LogP contribution is -2.12. The standard InChI is InChI=1S/C27H23N5O4/c33-23-17-25(26-29-31-32-30-26)36-24-14-11-20(16-22(23)24)28-27(34)19-9-12-21(13-10-19)35-15-5-4-8-18-6-2-1-3-7-18/h1-3,6-7,9-14,16-17H,4-5,8,15H2,(H,28,34)(H,29,30,31,32). The van der Waals surface area contributed by atoms with Crippen molar-refractivity contribution in [1.82, 2.24) is 20.6 Å². The van der Waals surface area contributed by atoms with Crippen LogP contribution >= 0.6 is 0 Å². The van der Waals surface area contributed by atoms with Gasteiger partial charge in [0.2, 0.25) is 5.82 Å². The molecule has 3 aromatic carbocycles. The molecule has 9 nitrogen and oxygen atoms in total. The van der Waals surface area contributed by atoms with Crippen LogP contribution in [0.15, 0.2) is 88.1 Å². The number of benzene rings is 3. The number of carbonyl (C=O) groups excluding carboxylic acids is 1. The van der Waals surface area contributed by atoms with E-state index in [0.29, 0.717) is 34.6 Å². The molecule has 2 heterocycles. The lowest BCUT2D eigenvalue weighted by molar-refractivity contribution is 0.102. The molecule has 9 heteroatoms. The van der Waals surface area contributed by atoms with E-state index in [1.54, 1.807) is 42.5 Å². The van der Waals surface area contributed by atoms with Crippen LogP contribution in [0.3, 0.4) is 0 Å². The molecule has 180 valence electrons. The number of anilines is 1. The molecule has 0 atom stereocenters. The molecule has 1 amide bonds. The largest absolute Gasteiger partial charge is 0.494 e. The summed E-state index contributed by atoms with van der Waals surface area (Å²) in [7, 11) is 0. The summed E-state index contributed by atoms with van der Waals surface area (Å²) in [6, 6.07) is 23.5. The summed E-state index contributed by atoms with van der Waals surface area (Å²) in [5, 5.41) is 16.4. The maximum Gasteiger partial charge on any atom is 0.255 e. The van der Waals surface area contributed by atoms with Crippen molar-refractivity contribution < 1.29 is 13.9 Å². The van der Waals surface area contributed by atoms with Gasteiger partial charge >= 0.3 is 0 Å². The summed E-state index contributed by atoms with van der Waals surface area (Å²) >= 11 is 0. The molecule has 0 aliphatic carbocycles. The first kappa shape index (κ1) is 23.0. The van der Waals surface area contributed by atoms with Crippen molar-refractivity contribution in [2.75, 3.05) is 11.9 Å².